The highest BCUT2D eigenvalue weighted by Gasteiger charge is 2.14. The number of benzene rings is 2. The number of hydrogen-bond acceptors (Lipinski definition) is 4. The van der Waals surface area contributed by atoms with Gasteiger partial charge in [0.15, 0.2) is 0 Å². The van der Waals surface area contributed by atoms with E-state index >= 15 is 0 Å². The second-order valence-electron chi connectivity index (χ2n) is 4.13. The lowest BCUT2D eigenvalue weighted by Crippen LogP contribution is -2.10. The zero-order valence-corrected chi connectivity index (χ0v) is 10.3. The van der Waals surface area contributed by atoms with Crippen LogP contribution in [0.25, 0.3) is 10.8 Å². The first-order valence-corrected chi connectivity index (χ1v) is 5.79. The van der Waals surface area contributed by atoms with Crippen molar-refractivity contribution in [3.05, 3.63) is 58.7 Å². The van der Waals surface area contributed by atoms with Crippen molar-refractivity contribution >= 4 is 16.5 Å². The normalized spacial score (nSPS) is 10.4. The van der Waals surface area contributed by atoms with Gasteiger partial charge in [-0.3, -0.25) is 10.1 Å². The Kier molecular flexibility index (Phi) is 3.77. The Balaban J connectivity index is 2.44. The van der Waals surface area contributed by atoms with Gasteiger partial charge in [0, 0.05) is 18.0 Å². The molecule has 0 aliphatic carbocycles. The van der Waals surface area contributed by atoms with Crippen molar-refractivity contribution in [3.8, 4) is 5.75 Å². The average molecular weight is 258 g/mol. The summed E-state index contributed by atoms with van der Waals surface area (Å²) in [4.78, 5) is 10.6. The van der Waals surface area contributed by atoms with Crippen LogP contribution in [-0.4, -0.2) is 18.1 Å². The Morgan fingerprint density at radius 2 is 1.95 bits per heavy atom. The predicted molar refractivity (Wildman–Crippen MR) is 74.3 cm³/mol. The molecule has 2 aromatic carbocycles. The van der Waals surface area contributed by atoms with Gasteiger partial charge < -0.3 is 10.5 Å². The van der Waals surface area contributed by atoms with Gasteiger partial charge in [-0.05, 0) is 17.7 Å². The van der Waals surface area contributed by atoms with E-state index in [-0.39, 0.29) is 5.69 Å². The van der Waals surface area contributed by atoms with Gasteiger partial charge in [-0.1, -0.05) is 24.8 Å². The van der Waals surface area contributed by atoms with E-state index in [0.29, 0.717) is 29.7 Å². The molecule has 19 heavy (non-hydrogen) atoms. The summed E-state index contributed by atoms with van der Waals surface area (Å²) in [7, 11) is 0. The largest absolute Gasteiger partial charge is 0.489 e. The molecule has 0 aromatic heterocycles. The Bertz CT molecular complexity index is 638. The van der Waals surface area contributed by atoms with Crippen molar-refractivity contribution in [1.82, 2.24) is 0 Å². The van der Waals surface area contributed by atoms with Gasteiger partial charge in [-0.25, -0.2) is 0 Å². The maximum Gasteiger partial charge on any atom is 0.277 e. The van der Waals surface area contributed by atoms with Crippen molar-refractivity contribution in [2.45, 2.75) is 0 Å². The number of ether oxygens (including phenoxy) is 1. The molecule has 98 valence electrons. The monoisotopic (exact) mass is 258 g/mol. The predicted octanol–water partition coefficient (Wildman–Crippen LogP) is 2.64. The topological polar surface area (TPSA) is 78.4 Å². The molecule has 0 radical (unpaired) electrons. The molecule has 0 bridgehead atoms. The molecule has 0 spiro atoms. The minimum atomic E-state index is -0.398. The van der Waals surface area contributed by atoms with E-state index in [4.69, 9.17) is 10.5 Å². The molecule has 2 N–H and O–H groups in total. The Hall–Kier alpha value is -2.40. The summed E-state index contributed by atoms with van der Waals surface area (Å²) in [6, 6.07) is 10.1. The molecule has 0 saturated heterocycles. The summed E-state index contributed by atoms with van der Waals surface area (Å²) in [5, 5.41) is 12.2. The number of fused-ring (bicyclic) bond motifs is 1. The Morgan fingerprint density at radius 1 is 1.26 bits per heavy atom. The number of nitrogens with zero attached hydrogens (tertiary/aromatic N) is 1. The molecule has 0 heterocycles. The summed E-state index contributed by atoms with van der Waals surface area (Å²) >= 11 is 0. The highest BCUT2D eigenvalue weighted by molar-refractivity contribution is 5.95. The molecule has 0 atom stereocenters. The third-order valence-electron chi connectivity index (χ3n) is 2.78. The molecule has 5 nitrogen and oxygen atoms in total. The van der Waals surface area contributed by atoms with Crippen LogP contribution in [-0.2, 0) is 0 Å². The molecular formula is C14H14N2O3. The second kappa shape index (κ2) is 5.49. The van der Waals surface area contributed by atoms with Crippen LogP contribution < -0.4 is 10.5 Å². The number of nitro benzene ring substituents is 1. The molecular weight excluding hydrogens is 244 g/mol. The molecule has 0 fully saturated rings. The standard InChI is InChI=1S/C14H14N2O3/c1-10(8-15)9-19-14-7-6-13(16(17)18)11-4-2-3-5-12(11)14/h2-7H,1,8-9,15H2. The number of nitrogens with two attached hydrogens (primary N) is 1. The molecule has 0 unspecified atom stereocenters. The number of non-ortho nitro benzene ring substituents is 1. The van der Waals surface area contributed by atoms with E-state index in [2.05, 4.69) is 6.58 Å². The van der Waals surface area contributed by atoms with Crippen LogP contribution in [0.5, 0.6) is 5.75 Å². The van der Waals surface area contributed by atoms with Crippen LogP contribution in [0.15, 0.2) is 48.6 Å². The molecule has 2 aromatic rings. The van der Waals surface area contributed by atoms with E-state index in [1.54, 1.807) is 24.3 Å². The van der Waals surface area contributed by atoms with Gasteiger partial charge in [0.1, 0.15) is 12.4 Å². The summed E-state index contributed by atoms with van der Waals surface area (Å²) in [6.07, 6.45) is 0. The van der Waals surface area contributed by atoms with Crippen molar-refractivity contribution < 1.29 is 9.66 Å². The van der Waals surface area contributed by atoms with Crippen molar-refractivity contribution in [2.75, 3.05) is 13.2 Å². The third kappa shape index (κ3) is 2.71. The van der Waals surface area contributed by atoms with Gasteiger partial charge >= 0.3 is 0 Å². The fourth-order valence-electron chi connectivity index (χ4n) is 1.78. The molecule has 0 aliphatic heterocycles. The Morgan fingerprint density at radius 3 is 2.58 bits per heavy atom. The van der Waals surface area contributed by atoms with E-state index in [1.165, 1.54) is 6.07 Å². The minimum Gasteiger partial charge on any atom is -0.489 e. The summed E-state index contributed by atoms with van der Waals surface area (Å²) in [5.41, 5.74) is 6.28. The quantitative estimate of drug-likeness (QED) is 0.508. The smallest absolute Gasteiger partial charge is 0.277 e. The van der Waals surface area contributed by atoms with E-state index in [9.17, 15) is 10.1 Å². The number of nitro groups is 1. The highest BCUT2D eigenvalue weighted by Crippen LogP contribution is 2.32. The van der Waals surface area contributed by atoms with Gasteiger partial charge in [-0.2, -0.15) is 0 Å². The summed E-state index contributed by atoms with van der Waals surface area (Å²) in [6.45, 7) is 4.41. The third-order valence-corrected chi connectivity index (χ3v) is 2.78. The van der Waals surface area contributed by atoms with Gasteiger partial charge in [0.05, 0.1) is 10.3 Å². The molecule has 0 aliphatic rings. The first-order valence-electron chi connectivity index (χ1n) is 5.79. The maximum absolute atomic E-state index is 11.0. The second-order valence-corrected chi connectivity index (χ2v) is 4.13. The molecule has 0 amide bonds. The lowest BCUT2D eigenvalue weighted by atomic mass is 10.1. The van der Waals surface area contributed by atoms with Crippen LogP contribution in [0.2, 0.25) is 0 Å². The van der Waals surface area contributed by atoms with Gasteiger partial charge in [-0.15, -0.1) is 0 Å². The number of hydrogen-bond donors (Lipinski definition) is 1. The average Bonchev–Trinajstić information content (AvgIpc) is 2.43. The molecule has 5 heteroatoms. The fraction of sp³-hybridized carbons (Fsp3) is 0.143. The van der Waals surface area contributed by atoms with Crippen molar-refractivity contribution in [2.24, 2.45) is 5.73 Å². The SMILES string of the molecule is C=C(CN)COc1ccc([N+](=O)[O-])c2ccccc12. The van der Waals surface area contributed by atoms with Gasteiger partial charge in [0.25, 0.3) is 5.69 Å². The minimum absolute atomic E-state index is 0.0700. The van der Waals surface area contributed by atoms with Crippen molar-refractivity contribution in [3.63, 3.8) is 0 Å². The fourth-order valence-corrected chi connectivity index (χ4v) is 1.78. The van der Waals surface area contributed by atoms with Crippen LogP contribution >= 0.6 is 0 Å². The zero-order valence-electron chi connectivity index (χ0n) is 10.3. The highest BCUT2D eigenvalue weighted by atomic mass is 16.6. The summed E-state index contributed by atoms with van der Waals surface area (Å²) < 4.78 is 5.60. The number of rotatable bonds is 5. The van der Waals surface area contributed by atoms with Crippen LogP contribution in [0.3, 0.4) is 0 Å². The van der Waals surface area contributed by atoms with Gasteiger partial charge in [0.2, 0.25) is 0 Å². The van der Waals surface area contributed by atoms with Crippen LogP contribution in [0.1, 0.15) is 0 Å². The lowest BCUT2D eigenvalue weighted by molar-refractivity contribution is -0.383. The molecule has 2 rings (SSSR count). The maximum atomic E-state index is 11.0. The van der Waals surface area contributed by atoms with E-state index < -0.39 is 4.92 Å². The summed E-state index contributed by atoms with van der Waals surface area (Å²) in [5.74, 6) is 0.593. The van der Waals surface area contributed by atoms with Crippen molar-refractivity contribution in [1.29, 1.82) is 0 Å². The lowest BCUT2D eigenvalue weighted by Gasteiger charge is -2.10. The van der Waals surface area contributed by atoms with Crippen LogP contribution in [0.4, 0.5) is 5.69 Å². The van der Waals surface area contributed by atoms with E-state index in [1.807, 2.05) is 6.07 Å². The van der Waals surface area contributed by atoms with Crippen LogP contribution in [0, 0.1) is 10.1 Å². The van der Waals surface area contributed by atoms with E-state index in [0.717, 1.165) is 5.57 Å². The zero-order chi connectivity index (χ0) is 13.8. The molecule has 0 saturated carbocycles. The first-order chi connectivity index (χ1) is 9.13. The first kappa shape index (κ1) is 13.0. The Labute approximate surface area is 110 Å².